The average molecular weight is 431 g/mol. The second kappa shape index (κ2) is 8.39. The van der Waals surface area contributed by atoms with E-state index in [1.54, 1.807) is 11.4 Å². The van der Waals surface area contributed by atoms with Gasteiger partial charge in [-0.15, -0.1) is 21.5 Å². The molecule has 6 nitrogen and oxygen atoms in total. The molecular weight excluding hydrogens is 412 g/mol. The van der Waals surface area contributed by atoms with E-state index < -0.39 is 5.97 Å². The van der Waals surface area contributed by atoms with Gasteiger partial charge < -0.3 is 14.2 Å². The van der Waals surface area contributed by atoms with E-state index in [0.717, 1.165) is 29.7 Å². The van der Waals surface area contributed by atoms with Crippen LogP contribution >= 0.6 is 22.9 Å². The van der Waals surface area contributed by atoms with Gasteiger partial charge in [0.05, 0.1) is 6.61 Å². The fourth-order valence-electron chi connectivity index (χ4n) is 2.97. The van der Waals surface area contributed by atoms with E-state index in [1.807, 2.05) is 26.0 Å². The Morgan fingerprint density at radius 1 is 1.24 bits per heavy atom. The first-order valence-electron chi connectivity index (χ1n) is 9.30. The number of rotatable bonds is 7. The monoisotopic (exact) mass is 430 g/mol. The zero-order valence-corrected chi connectivity index (χ0v) is 17.5. The van der Waals surface area contributed by atoms with Gasteiger partial charge in [0.1, 0.15) is 11.5 Å². The molecule has 0 atom stereocenters. The van der Waals surface area contributed by atoms with E-state index in [4.69, 9.17) is 25.8 Å². The highest BCUT2D eigenvalue weighted by Crippen LogP contribution is 2.47. The SMILES string of the molecule is CCOc1ccsc1C(=O)Oc1cc(Cl)nnc1Oc1c(C)cccc1C1CC1. The summed E-state index contributed by atoms with van der Waals surface area (Å²) >= 11 is 7.23. The fourth-order valence-corrected chi connectivity index (χ4v) is 3.82. The molecule has 1 aliphatic carbocycles. The van der Waals surface area contributed by atoms with Crippen LogP contribution in [0.4, 0.5) is 0 Å². The highest BCUT2D eigenvalue weighted by Gasteiger charge is 2.29. The zero-order valence-electron chi connectivity index (χ0n) is 16.0. The maximum absolute atomic E-state index is 12.7. The van der Waals surface area contributed by atoms with Gasteiger partial charge in [0.15, 0.2) is 15.8 Å². The predicted octanol–water partition coefficient (Wildman–Crippen LogP) is 5.79. The van der Waals surface area contributed by atoms with Crippen molar-refractivity contribution in [3.8, 4) is 23.1 Å². The van der Waals surface area contributed by atoms with Crippen molar-refractivity contribution in [2.24, 2.45) is 0 Å². The smallest absolute Gasteiger partial charge is 0.357 e. The van der Waals surface area contributed by atoms with Crippen LogP contribution in [0.15, 0.2) is 35.7 Å². The van der Waals surface area contributed by atoms with Crippen molar-refractivity contribution in [1.29, 1.82) is 0 Å². The highest BCUT2D eigenvalue weighted by atomic mass is 35.5. The van der Waals surface area contributed by atoms with Gasteiger partial charge in [0, 0.05) is 6.07 Å². The summed E-state index contributed by atoms with van der Waals surface area (Å²) in [7, 11) is 0. The number of thiophene rings is 1. The Morgan fingerprint density at radius 3 is 2.83 bits per heavy atom. The van der Waals surface area contributed by atoms with Crippen LogP contribution in [0.5, 0.6) is 23.1 Å². The van der Waals surface area contributed by atoms with Gasteiger partial charge in [-0.1, -0.05) is 29.8 Å². The molecule has 1 aromatic carbocycles. The molecule has 3 aromatic rings. The number of carbonyl (C=O) groups is 1. The molecule has 1 aliphatic rings. The Morgan fingerprint density at radius 2 is 2.07 bits per heavy atom. The number of ether oxygens (including phenoxy) is 3. The summed E-state index contributed by atoms with van der Waals surface area (Å²) in [6.07, 6.45) is 2.26. The molecule has 0 spiro atoms. The molecule has 2 aromatic heterocycles. The highest BCUT2D eigenvalue weighted by molar-refractivity contribution is 7.12. The largest absolute Gasteiger partial charge is 0.492 e. The van der Waals surface area contributed by atoms with Gasteiger partial charge in [-0.25, -0.2) is 4.79 Å². The summed E-state index contributed by atoms with van der Waals surface area (Å²) in [4.78, 5) is 13.1. The molecule has 29 heavy (non-hydrogen) atoms. The maximum Gasteiger partial charge on any atom is 0.357 e. The molecule has 8 heteroatoms. The van der Waals surface area contributed by atoms with Crippen molar-refractivity contribution in [1.82, 2.24) is 10.2 Å². The van der Waals surface area contributed by atoms with Crippen molar-refractivity contribution in [2.75, 3.05) is 6.61 Å². The molecule has 0 aliphatic heterocycles. The second-order valence-corrected chi connectivity index (χ2v) is 7.95. The molecule has 0 amide bonds. The average Bonchev–Trinajstić information content (AvgIpc) is 3.44. The standard InChI is InChI=1S/C21H19ClN2O4S/c1-3-26-15-9-10-29-19(15)21(25)27-16-11-17(22)23-24-20(16)28-18-12(2)5-4-6-14(18)13-7-8-13/h4-6,9-11,13H,3,7-8H2,1-2H3. The summed E-state index contributed by atoms with van der Waals surface area (Å²) in [5.41, 5.74) is 2.09. The summed E-state index contributed by atoms with van der Waals surface area (Å²) in [6, 6.07) is 9.18. The van der Waals surface area contributed by atoms with Crippen LogP contribution < -0.4 is 14.2 Å². The second-order valence-electron chi connectivity index (χ2n) is 6.64. The molecule has 1 saturated carbocycles. The third kappa shape index (κ3) is 4.36. The number of aromatic nitrogens is 2. The van der Waals surface area contributed by atoms with Crippen molar-refractivity contribution in [3.05, 3.63) is 56.9 Å². The van der Waals surface area contributed by atoms with Gasteiger partial charge in [-0.2, -0.15) is 0 Å². The first-order chi connectivity index (χ1) is 14.1. The third-order valence-corrected chi connectivity index (χ3v) is 5.53. The Bertz CT molecular complexity index is 1050. The molecule has 0 bridgehead atoms. The summed E-state index contributed by atoms with van der Waals surface area (Å²) in [5, 5.41) is 9.74. The molecule has 2 heterocycles. The van der Waals surface area contributed by atoms with Crippen molar-refractivity contribution in [2.45, 2.75) is 32.6 Å². The lowest BCUT2D eigenvalue weighted by Crippen LogP contribution is -2.10. The lowest BCUT2D eigenvalue weighted by molar-refractivity contribution is 0.0730. The minimum absolute atomic E-state index is 0.0912. The van der Waals surface area contributed by atoms with E-state index in [9.17, 15) is 4.79 Å². The minimum Gasteiger partial charge on any atom is -0.492 e. The Labute approximate surface area is 177 Å². The number of benzene rings is 1. The van der Waals surface area contributed by atoms with Gasteiger partial charge >= 0.3 is 5.97 Å². The molecule has 0 unspecified atom stereocenters. The van der Waals surface area contributed by atoms with Gasteiger partial charge in [-0.3, -0.25) is 0 Å². The van der Waals surface area contributed by atoms with Crippen LogP contribution in [0.25, 0.3) is 0 Å². The van der Waals surface area contributed by atoms with Gasteiger partial charge in [0.25, 0.3) is 5.88 Å². The number of para-hydroxylation sites is 1. The first kappa shape index (κ1) is 19.7. The quantitative estimate of drug-likeness (QED) is 0.442. The van der Waals surface area contributed by atoms with Crippen LogP contribution in [0.3, 0.4) is 0 Å². The van der Waals surface area contributed by atoms with E-state index >= 15 is 0 Å². The molecule has 4 rings (SSSR count). The third-order valence-electron chi connectivity index (χ3n) is 4.47. The fraction of sp³-hybridized carbons (Fsp3) is 0.286. The lowest BCUT2D eigenvalue weighted by Gasteiger charge is -2.14. The summed E-state index contributed by atoms with van der Waals surface area (Å²) in [6.45, 7) is 4.27. The van der Waals surface area contributed by atoms with Crippen LogP contribution in [-0.4, -0.2) is 22.8 Å². The molecule has 0 N–H and O–H groups in total. The van der Waals surface area contributed by atoms with Gasteiger partial charge in [0.2, 0.25) is 0 Å². The lowest BCUT2D eigenvalue weighted by atomic mass is 10.1. The van der Waals surface area contributed by atoms with Gasteiger partial charge in [-0.05, 0) is 55.2 Å². The van der Waals surface area contributed by atoms with Crippen molar-refractivity contribution < 1.29 is 19.0 Å². The van der Waals surface area contributed by atoms with E-state index in [0.29, 0.717) is 23.2 Å². The van der Waals surface area contributed by atoms with Crippen LogP contribution in [0.2, 0.25) is 5.15 Å². The van der Waals surface area contributed by atoms with E-state index in [2.05, 4.69) is 16.3 Å². The normalized spacial score (nSPS) is 13.2. The molecule has 1 fully saturated rings. The van der Waals surface area contributed by atoms with Crippen LogP contribution in [0, 0.1) is 6.92 Å². The number of esters is 1. The number of hydrogen-bond acceptors (Lipinski definition) is 7. The zero-order chi connectivity index (χ0) is 20.4. The number of halogens is 1. The summed E-state index contributed by atoms with van der Waals surface area (Å²) in [5.74, 6) is 1.31. The van der Waals surface area contributed by atoms with E-state index in [-0.39, 0.29) is 16.8 Å². The number of hydrogen-bond donors (Lipinski definition) is 0. The van der Waals surface area contributed by atoms with E-state index in [1.165, 1.54) is 17.4 Å². The number of carbonyl (C=O) groups excluding carboxylic acids is 1. The Balaban J connectivity index is 1.64. The molecule has 150 valence electrons. The predicted molar refractivity (Wildman–Crippen MR) is 111 cm³/mol. The molecular formula is C21H19ClN2O4S. The number of aryl methyl sites for hydroxylation is 1. The summed E-state index contributed by atoms with van der Waals surface area (Å²) < 4.78 is 17.1. The molecule has 0 radical (unpaired) electrons. The molecule has 0 saturated heterocycles. The first-order valence-corrected chi connectivity index (χ1v) is 10.6. The Hall–Kier alpha value is -2.64. The van der Waals surface area contributed by atoms with Crippen LogP contribution in [0.1, 0.15) is 46.5 Å². The maximum atomic E-state index is 12.7. The van der Waals surface area contributed by atoms with Crippen molar-refractivity contribution in [3.63, 3.8) is 0 Å². The topological polar surface area (TPSA) is 70.5 Å². The van der Waals surface area contributed by atoms with Crippen molar-refractivity contribution >= 4 is 28.9 Å². The number of nitrogens with zero attached hydrogens (tertiary/aromatic N) is 2. The minimum atomic E-state index is -0.565. The van der Waals surface area contributed by atoms with Crippen LogP contribution in [-0.2, 0) is 0 Å². The Kier molecular flexibility index (Phi) is 5.69.